The summed E-state index contributed by atoms with van der Waals surface area (Å²) in [6.07, 6.45) is 1.52. The molecule has 0 spiro atoms. The molecule has 5 heteroatoms. The van der Waals surface area contributed by atoms with Gasteiger partial charge in [0.25, 0.3) is 0 Å². The predicted octanol–water partition coefficient (Wildman–Crippen LogP) is 3.49. The zero-order chi connectivity index (χ0) is 15.2. The topological polar surface area (TPSA) is 66.9 Å². The molecule has 1 aromatic heterocycles. The molecule has 0 unspecified atom stereocenters. The minimum atomic E-state index is 0.0590. The van der Waals surface area contributed by atoms with E-state index in [0.29, 0.717) is 17.3 Å². The van der Waals surface area contributed by atoms with E-state index in [-0.39, 0.29) is 5.78 Å². The molecule has 1 aromatic carbocycles. The van der Waals surface area contributed by atoms with Crippen molar-refractivity contribution in [1.29, 1.82) is 0 Å². The Morgan fingerprint density at radius 1 is 1.14 bits per heavy atom. The second-order valence-corrected chi connectivity index (χ2v) is 5.32. The first kappa shape index (κ1) is 15.0. The van der Waals surface area contributed by atoms with Gasteiger partial charge in [-0.3, -0.25) is 4.79 Å². The highest BCUT2D eigenvalue weighted by Crippen LogP contribution is 2.17. The molecule has 110 valence electrons. The van der Waals surface area contributed by atoms with E-state index in [4.69, 9.17) is 0 Å². The number of Topliss-reactive ketones (excluding diaryl/α,β-unsaturated/α-hetero) is 1. The van der Waals surface area contributed by atoms with Crippen LogP contribution in [0.25, 0.3) is 0 Å². The van der Waals surface area contributed by atoms with Crippen LogP contribution in [0.4, 0.5) is 17.3 Å². The summed E-state index contributed by atoms with van der Waals surface area (Å²) >= 11 is 0. The molecule has 2 N–H and O–H groups in total. The van der Waals surface area contributed by atoms with Crippen molar-refractivity contribution in [1.82, 2.24) is 9.97 Å². The van der Waals surface area contributed by atoms with Gasteiger partial charge in [0, 0.05) is 23.9 Å². The lowest BCUT2D eigenvalue weighted by Gasteiger charge is -2.10. The molecule has 21 heavy (non-hydrogen) atoms. The summed E-state index contributed by atoms with van der Waals surface area (Å²) in [6.45, 7) is 6.71. The smallest absolute Gasteiger partial charge is 0.159 e. The highest BCUT2D eigenvalue weighted by Gasteiger charge is 2.02. The van der Waals surface area contributed by atoms with E-state index in [1.807, 2.05) is 18.2 Å². The van der Waals surface area contributed by atoms with Gasteiger partial charge in [-0.05, 0) is 37.1 Å². The molecule has 0 saturated heterocycles. The van der Waals surface area contributed by atoms with Crippen LogP contribution in [-0.4, -0.2) is 22.3 Å². The van der Waals surface area contributed by atoms with Crippen molar-refractivity contribution in [2.24, 2.45) is 5.92 Å². The van der Waals surface area contributed by atoms with Gasteiger partial charge < -0.3 is 10.6 Å². The van der Waals surface area contributed by atoms with Crippen molar-refractivity contribution in [3.05, 3.63) is 42.2 Å². The molecule has 0 aliphatic carbocycles. The van der Waals surface area contributed by atoms with Gasteiger partial charge in [0.15, 0.2) is 5.78 Å². The highest BCUT2D eigenvalue weighted by molar-refractivity contribution is 5.94. The van der Waals surface area contributed by atoms with E-state index in [0.717, 1.165) is 18.1 Å². The van der Waals surface area contributed by atoms with E-state index < -0.39 is 0 Å². The summed E-state index contributed by atoms with van der Waals surface area (Å²) in [5.74, 6) is 2.12. The monoisotopic (exact) mass is 284 g/mol. The minimum absolute atomic E-state index is 0.0590. The first-order chi connectivity index (χ1) is 10.0. The number of carbonyl (C=O) groups excluding carboxylic acids is 1. The number of rotatable bonds is 6. The fourth-order valence-electron chi connectivity index (χ4n) is 1.77. The van der Waals surface area contributed by atoms with E-state index >= 15 is 0 Å². The molecule has 2 rings (SSSR count). The molecule has 1 heterocycles. The standard InChI is InChI=1S/C16H20N4O/c1-11(2)9-17-15-8-16(19-10-18-15)20-14-6-4-13(5-7-14)12(3)21/h4-8,10-11H,9H2,1-3H3,(H2,17,18,19,20). The van der Waals surface area contributed by atoms with Crippen LogP contribution < -0.4 is 10.6 Å². The van der Waals surface area contributed by atoms with Gasteiger partial charge in [0.2, 0.25) is 0 Å². The predicted molar refractivity (Wildman–Crippen MR) is 85.1 cm³/mol. The van der Waals surface area contributed by atoms with Gasteiger partial charge in [0.1, 0.15) is 18.0 Å². The summed E-state index contributed by atoms with van der Waals surface area (Å²) in [5.41, 5.74) is 1.58. The Morgan fingerprint density at radius 2 is 1.81 bits per heavy atom. The molecule has 0 aliphatic heterocycles. The third-order valence-electron chi connectivity index (χ3n) is 2.92. The summed E-state index contributed by atoms with van der Waals surface area (Å²) in [6, 6.07) is 9.18. The Kier molecular flexibility index (Phi) is 4.87. The SMILES string of the molecule is CC(=O)c1ccc(Nc2cc(NCC(C)C)ncn2)cc1. The van der Waals surface area contributed by atoms with E-state index in [2.05, 4.69) is 34.4 Å². The number of hydrogen-bond donors (Lipinski definition) is 2. The molecule has 2 aromatic rings. The van der Waals surface area contributed by atoms with E-state index in [9.17, 15) is 4.79 Å². The fraction of sp³-hybridized carbons (Fsp3) is 0.312. The Bertz CT molecular complexity index is 608. The van der Waals surface area contributed by atoms with Gasteiger partial charge >= 0.3 is 0 Å². The molecular weight excluding hydrogens is 264 g/mol. The summed E-state index contributed by atoms with van der Waals surface area (Å²) in [4.78, 5) is 19.6. The fourth-order valence-corrected chi connectivity index (χ4v) is 1.77. The van der Waals surface area contributed by atoms with Gasteiger partial charge in [-0.2, -0.15) is 0 Å². The zero-order valence-electron chi connectivity index (χ0n) is 12.6. The molecular formula is C16H20N4O. The van der Waals surface area contributed by atoms with Gasteiger partial charge in [-0.15, -0.1) is 0 Å². The van der Waals surface area contributed by atoms with Crippen molar-refractivity contribution < 1.29 is 4.79 Å². The van der Waals surface area contributed by atoms with Crippen LogP contribution in [0.1, 0.15) is 31.1 Å². The Morgan fingerprint density at radius 3 is 2.43 bits per heavy atom. The zero-order valence-corrected chi connectivity index (χ0v) is 12.6. The molecule has 0 saturated carbocycles. The lowest BCUT2D eigenvalue weighted by molar-refractivity contribution is 0.101. The quantitative estimate of drug-likeness (QED) is 0.795. The Balaban J connectivity index is 2.05. The van der Waals surface area contributed by atoms with Crippen LogP contribution in [0, 0.1) is 5.92 Å². The van der Waals surface area contributed by atoms with Crippen molar-refractivity contribution in [2.45, 2.75) is 20.8 Å². The van der Waals surface area contributed by atoms with Crippen LogP contribution in [0.2, 0.25) is 0 Å². The van der Waals surface area contributed by atoms with Gasteiger partial charge in [-0.25, -0.2) is 9.97 Å². The molecule has 0 radical (unpaired) electrons. The van der Waals surface area contributed by atoms with E-state index in [1.54, 1.807) is 19.1 Å². The van der Waals surface area contributed by atoms with Crippen LogP contribution in [0.3, 0.4) is 0 Å². The lowest BCUT2D eigenvalue weighted by atomic mass is 10.1. The maximum atomic E-state index is 11.2. The lowest BCUT2D eigenvalue weighted by Crippen LogP contribution is -2.09. The third kappa shape index (κ3) is 4.56. The molecule has 0 amide bonds. The Hall–Kier alpha value is -2.43. The molecule has 0 fully saturated rings. The van der Waals surface area contributed by atoms with E-state index in [1.165, 1.54) is 6.33 Å². The van der Waals surface area contributed by atoms with Crippen molar-refractivity contribution >= 4 is 23.1 Å². The van der Waals surface area contributed by atoms with Crippen molar-refractivity contribution in [3.63, 3.8) is 0 Å². The summed E-state index contributed by atoms with van der Waals surface area (Å²) in [7, 11) is 0. The normalized spacial score (nSPS) is 10.5. The number of nitrogens with one attached hydrogen (secondary N) is 2. The average Bonchev–Trinajstić information content (AvgIpc) is 2.46. The first-order valence-electron chi connectivity index (χ1n) is 6.98. The number of carbonyl (C=O) groups is 1. The Labute approximate surface area is 124 Å². The number of hydrogen-bond acceptors (Lipinski definition) is 5. The number of nitrogens with zero attached hydrogens (tertiary/aromatic N) is 2. The van der Waals surface area contributed by atoms with Crippen LogP contribution >= 0.6 is 0 Å². The van der Waals surface area contributed by atoms with Crippen LogP contribution in [0.15, 0.2) is 36.7 Å². The maximum absolute atomic E-state index is 11.2. The number of ketones is 1. The molecule has 0 bridgehead atoms. The number of benzene rings is 1. The van der Waals surface area contributed by atoms with Crippen molar-refractivity contribution in [2.75, 3.05) is 17.2 Å². The number of aromatic nitrogens is 2. The average molecular weight is 284 g/mol. The van der Waals surface area contributed by atoms with Crippen molar-refractivity contribution in [3.8, 4) is 0 Å². The van der Waals surface area contributed by atoms with Gasteiger partial charge in [-0.1, -0.05) is 13.8 Å². The maximum Gasteiger partial charge on any atom is 0.159 e. The minimum Gasteiger partial charge on any atom is -0.370 e. The summed E-state index contributed by atoms with van der Waals surface area (Å²) in [5, 5.41) is 6.45. The van der Waals surface area contributed by atoms with Gasteiger partial charge in [0.05, 0.1) is 0 Å². The van der Waals surface area contributed by atoms with Crippen LogP contribution in [-0.2, 0) is 0 Å². The third-order valence-corrected chi connectivity index (χ3v) is 2.92. The first-order valence-corrected chi connectivity index (χ1v) is 6.98. The second kappa shape index (κ2) is 6.83. The molecule has 0 aliphatic rings. The molecule has 5 nitrogen and oxygen atoms in total. The van der Waals surface area contributed by atoms with Crippen LogP contribution in [0.5, 0.6) is 0 Å². The summed E-state index contributed by atoms with van der Waals surface area (Å²) < 4.78 is 0. The largest absolute Gasteiger partial charge is 0.370 e. The molecule has 0 atom stereocenters. The number of anilines is 3. The highest BCUT2D eigenvalue weighted by atomic mass is 16.1. The second-order valence-electron chi connectivity index (χ2n) is 5.32.